The zero-order valence-electron chi connectivity index (χ0n) is 71.1. The number of anilines is 1. The summed E-state index contributed by atoms with van der Waals surface area (Å²) >= 11 is 0. The second-order valence-corrected chi connectivity index (χ2v) is 32.9. The van der Waals surface area contributed by atoms with E-state index in [0.717, 1.165) is 34.6 Å². The van der Waals surface area contributed by atoms with Crippen molar-refractivity contribution < 1.29 is 242 Å². The van der Waals surface area contributed by atoms with Gasteiger partial charge < -0.3 is 250 Å². The molecule has 9 fully saturated rings. The van der Waals surface area contributed by atoms with E-state index in [1.54, 1.807) is 12.1 Å². The Morgan fingerprint density at radius 1 is 0.351 bits per heavy atom. The van der Waals surface area contributed by atoms with Crippen LogP contribution < -0.4 is 31.9 Å². The topological polar surface area (TPSA) is 863 Å². The van der Waals surface area contributed by atoms with Crippen molar-refractivity contribution in [1.82, 2.24) is 31.6 Å². The number of pyridine rings is 1. The number of carbonyl (C=O) groups excluding carboxylic acids is 5. The van der Waals surface area contributed by atoms with Crippen molar-refractivity contribution in [3.63, 3.8) is 0 Å². The van der Waals surface area contributed by atoms with Crippen LogP contribution in [0.3, 0.4) is 0 Å². The SMILES string of the molecule is CC(=O)N[C@H]1[C@H](O[C@@H]([C@H](O)[C@H](CNc2ccccn2)NC(C)=O)[C@H](O)CO[C@@H]2O[C@@H](C)[C@@H](O)[C@@H](O)[C@@H]2O)O[C@H](CO)[C@@H](O[C@@H]2O[C@H](CO[C@H]3O[C@H](CO)[C@@H](O)[C@H](O)[C@@H]3O[C@@H]3O[C@H](CO)[C@@H](O[C@@H]4O[C@H](CO)[C@H](O)[C@H](O)[C@H]4O)[C@H](O)[C@H]3NC(C)=O)[C@@H](O)[C@H](O[C@H]3O[C@H](CO)[C@@H](O[C@@H]4O[C@H](CO)[C@@H](O)[C@H](O)[C@H]4NC(C)=O)[C@H](O)[C@@H]3O[C@@H]3O[C@H](CO)[C@@H](O)[C@H](O)[C@H]3NC(C)=O)[C@@H]2O)[C@@H]1O. The van der Waals surface area contributed by atoms with Crippen molar-refractivity contribution in [2.45, 2.75) is 342 Å². The normalized spacial score (nSPS) is 44.4. The number of aliphatic hydroxyl groups excluding tert-OH is 26. The zero-order chi connectivity index (χ0) is 96.3. The maximum absolute atomic E-state index is 13.5. The van der Waals surface area contributed by atoms with Crippen LogP contribution in [0, 0.1) is 0 Å². The molecule has 0 saturated carbocycles. The van der Waals surface area contributed by atoms with E-state index in [1.807, 2.05) is 0 Å². The summed E-state index contributed by atoms with van der Waals surface area (Å²) in [6.45, 7) is -4.70. The van der Waals surface area contributed by atoms with Crippen LogP contribution in [-0.4, -0.2) is 534 Å². The van der Waals surface area contributed by atoms with E-state index in [-0.39, 0.29) is 5.82 Å². The van der Waals surface area contributed by atoms with Gasteiger partial charge in [0.15, 0.2) is 56.6 Å². The van der Waals surface area contributed by atoms with Gasteiger partial charge in [-0.15, -0.1) is 0 Å². The van der Waals surface area contributed by atoms with Crippen LogP contribution >= 0.6 is 0 Å². The van der Waals surface area contributed by atoms with E-state index < -0.39 is 396 Å². The Morgan fingerprint density at radius 2 is 0.725 bits per heavy atom. The molecule has 0 aliphatic carbocycles. The molecule has 0 unspecified atom stereocenters. The van der Waals surface area contributed by atoms with Gasteiger partial charge in [0.2, 0.25) is 29.5 Å². The Kier molecular flexibility index (Phi) is 39.6. The predicted molar refractivity (Wildman–Crippen MR) is 414 cm³/mol. The number of amides is 5. The monoisotopic (exact) mass is 1910 g/mol. The summed E-state index contributed by atoms with van der Waals surface area (Å²) in [5, 5.41) is 310. The lowest BCUT2D eigenvalue weighted by molar-refractivity contribution is -0.403. The highest BCUT2D eigenvalue weighted by Crippen LogP contribution is 2.41. The molecule has 9 aliphatic heterocycles. The molecule has 56 nitrogen and oxygen atoms in total. The van der Waals surface area contributed by atoms with Crippen molar-refractivity contribution in [3.8, 4) is 0 Å². The minimum absolute atomic E-state index is 0.185. The maximum atomic E-state index is 13.5. The van der Waals surface area contributed by atoms with Gasteiger partial charge >= 0.3 is 0 Å². The highest BCUT2D eigenvalue weighted by Gasteiger charge is 2.62. The molecule has 0 aromatic carbocycles. The molecule has 9 saturated heterocycles. The fourth-order valence-corrected chi connectivity index (χ4v) is 16.5. The molecule has 0 radical (unpaired) electrons. The average Bonchev–Trinajstić information content (AvgIpc) is 0.753. The Labute approximate surface area is 744 Å². The minimum atomic E-state index is -2.69. The molecule has 5 amide bonds. The largest absolute Gasteiger partial charge is 0.394 e. The zero-order valence-corrected chi connectivity index (χ0v) is 71.1. The van der Waals surface area contributed by atoms with Crippen LogP contribution in [0.5, 0.6) is 0 Å². The van der Waals surface area contributed by atoms with E-state index >= 15 is 0 Å². The molecule has 131 heavy (non-hydrogen) atoms. The van der Waals surface area contributed by atoms with Gasteiger partial charge in [0.05, 0.1) is 71.6 Å². The summed E-state index contributed by atoms with van der Waals surface area (Å²) in [5.74, 6) is -4.43. The van der Waals surface area contributed by atoms with E-state index in [9.17, 15) is 157 Å². The number of aliphatic hydroxyl groups is 26. The van der Waals surface area contributed by atoms with Gasteiger partial charge in [-0.25, -0.2) is 4.98 Å². The number of carbonyl (C=O) groups is 5. The molecule has 32 N–H and O–H groups in total. The number of aromatic nitrogens is 1. The first-order valence-corrected chi connectivity index (χ1v) is 42.0. The number of nitrogens with one attached hydrogen (secondary N) is 6. The average molecular weight is 1910 g/mol. The molecule has 1 aromatic heterocycles. The number of rotatable bonds is 38. The molecule has 0 bridgehead atoms. The molecule has 56 heteroatoms. The van der Waals surface area contributed by atoms with Gasteiger partial charge in [0, 0.05) is 47.4 Å². The molecular formula is C75H123N7O49. The van der Waals surface area contributed by atoms with Crippen LogP contribution in [0.4, 0.5) is 5.82 Å². The van der Waals surface area contributed by atoms with Crippen molar-refractivity contribution >= 4 is 35.4 Å². The van der Waals surface area contributed by atoms with Crippen LogP contribution in [0.15, 0.2) is 24.4 Å². The van der Waals surface area contributed by atoms with Gasteiger partial charge in [-0.05, 0) is 19.1 Å². The first kappa shape index (κ1) is 108. The highest BCUT2D eigenvalue weighted by molar-refractivity contribution is 5.75. The molecule has 49 atom stereocenters. The van der Waals surface area contributed by atoms with E-state index in [0.29, 0.717) is 0 Å². The van der Waals surface area contributed by atoms with E-state index in [4.69, 9.17) is 85.3 Å². The summed E-state index contributed by atoms with van der Waals surface area (Å²) in [4.78, 5) is 69.2. The van der Waals surface area contributed by atoms with E-state index in [1.165, 1.54) is 19.2 Å². The highest BCUT2D eigenvalue weighted by atomic mass is 16.8. The third-order valence-corrected chi connectivity index (χ3v) is 23.4. The van der Waals surface area contributed by atoms with Crippen molar-refractivity contribution in [1.29, 1.82) is 0 Å². The summed E-state index contributed by atoms with van der Waals surface area (Å²) in [5.41, 5.74) is 0. The molecular weight excluding hydrogens is 1780 g/mol. The molecule has 1 aromatic rings. The van der Waals surface area contributed by atoms with Gasteiger partial charge in [0.1, 0.15) is 238 Å². The molecule has 9 aliphatic rings. The fraction of sp³-hybridized carbons (Fsp3) is 0.867. The standard InChI is InChI=1S/C75H123N7O49/c1-21-42(96)53(107)56(110)71(116-21)114-19-28(95)60(43(97)27(78-22(2)90)11-77-37-9-7-8-10-76-37)125-69-40(81-25(5)93)51(105)62(34(17-88)121-69)128-73-59(113)64(129-75-66(131-68-39(80-24(4)92)50(104)45(99)30(13-84)118-68)58(112)63(35(18-89)123-75)126-67-38(79-23(3)91)49(103)44(98)29(12-83)117-67)48(102)36(124-73)20-115-74-65(55(109)47(101)32(15-86)120-74)130-70-41(82-26(6)94)52(106)61(33(16-87)122-70)127-72-57(111)54(108)46(100)31(14-85)119-72/h7-10,21,27-36,38-75,83-89,95-113H,11-20H2,1-6H3,(H,76,77)(H,78,90)(H,79,91)(H,80,92)(H,81,93)(H,82,94)/t21-,27-,28+,29+,30+,31+,32+,33+,34+,35+,36+,38+,39+,40+,41+,42+,43+,44+,45+,46-,47+,48+,49+,50+,51+,52+,53+,54-,55-,56-,57+,58-,59-,60+,61+,62+,63+,64-,65-,66-,67-,68-,69-,70-,71+,72-,73-,74-,75+/m0/s1. The lowest BCUT2D eigenvalue weighted by Crippen LogP contribution is -2.71. The van der Waals surface area contributed by atoms with E-state index in [2.05, 4.69) is 36.9 Å². The fourth-order valence-electron chi connectivity index (χ4n) is 16.5. The Balaban J connectivity index is 1.03. The van der Waals surface area contributed by atoms with Crippen LogP contribution in [-0.2, 0) is 109 Å². The van der Waals surface area contributed by atoms with Gasteiger partial charge in [-0.1, -0.05) is 6.07 Å². The van der Waals surface area contributed by atoms with Crippen LogP contribution in [0.1, 0.15) is 41.5 Å². The number of hydrogen-bond acceptors (Lipinski definition) is 51. The maximum Gasteiger partial charge on any atom is 0.217 e. The van der Waals surface area contributed by atoms with Gasteiger partial charge in [-0.2, -0.15) is 0 Å². The molecule has 752 valence electrons. The second-order valence-electron chi connectivity index (χ2n) is 32.9. The van der Waals surface area contributed by atoms with Gasteiger partial charge in [-0.3, -0.25) is 24.0 Å². The predicted octanol–water partition coefficient (Wildman–Crippen LogP) is -19.9. The molecule has 0 spiro atoms. The second kappa shape index (κ2) is 48.2. The van der Waals surface area contributed by atoms with Gasteiger partial charge in [0.25, 0.3) is 0 Å². The summed E-state index contributed by atoms with van der Waals surface area (Å²) in [6.07, 6.45) is -92.1. The first-order valence-electron chi connectivity index (χ1n) is 42.0. The van der Waals surface area contributed by atoms with Crippen LogP contribution in [0.2, 0.25) is 0 Å². The summed E-state index contributed by atoms with van der Waals surface area (Å²) < 4.78 is 109. The molecule has 10 heterocycles. The number of hydrogen-bond donors (Lipinski definition) is 32. The van der Waals surface area contributed by atoms with Crippen molar-refractivity contribution in [2.24, 2.45) is 0 Å². The minimum Gasteiger partial charge on any atom is -0.394 e. The Hall–Kier alpha value is -5.46. The van der Waals surface area contributed by atoms with Crippen LogP contribution in [0.25, 0.3) is 0 Å². The van der Waals surface area contributed by atoms with Crippen molar-refractivity contribution in [2.75, 3.05) is 71.3 Å². The Bertz CT molecular complexity index is 3710. The Morgan fingerprint density at radius 3 is 1.20 bits per heavy atom. The summed E-state index contributed by atoms with van der Waals surface area (Å²) in [6, 6.07) is -4.70. The number of nitrogens with zero attached hydrogens (tertiary/aromatic N) is 1. The number of ether oxygens (including phenoxy) is 18. The lowest BCUT2D eigenvalue weighted by atomic mass is 9.94. The quantitative estimate of drug-likeness (QED) is 0.0292. The smallest absolute Gasteiger partial charge is 0.217 e. The van der Waals surface area contributed by atoms with Crippen molar-refractivity contribution in [3.05, 3.63) is 24.4 Å². The third kappa shape index (κ3) is 25.4. The first-order chi connectivity index (χ1) is 62.0. The third-order valence-electron chi connectivity index (χ3n) is 23.4. The lowest BCUT2D eigenvalue weighted by Gasteiger charge is -2.51. The molecule has 10 rings (SSSR count). The summed E-state index contributed by atoms with van der Waals surface area (Å²) in [7, 11) is 0.